The van der Waals surface area contributed by atoms with E-state index in [2.05, 4.69) is 5.32 Å². The lowest BCUT2D eigenvalue weighted by atomic mass is 9.57. The van der Waals surface area contributed by atoms with E-state index < -0.39 is 70.8 Å². The van der Waals surface area contributed by atoms with Gasteiger partial charge in [0.2, 0.25) is 5.78 Å². The number of primary amides is 1. The van der Waals surface area contributed by atoms with Crippen molar-refractivity contribution >= 4 is 23.2 Å². The summed E-state index contributed by atoms with van der Waals surface area (Å²) in [6.45, 7) is -1.15. The molecule has 0 aromatic heterocycles. The Hall–Kier alpha value is -4.20. The minimum absolute atomic E-state index is 0.0145. The molecule has 0 heterocycles. The summed E-state index contributed by atoms with van der Waals surface area (Å²) in [4.78, 5) is 40.7. The van der Waals surface area contributed by atoms with Crippen molar-refractivity contribution in [3.05, 3.63) is 70.0 Å². The fraction of sp³-hybridized carbons (Fsp3) is 0.367. The standard InChI is InChI=1S/C30H30F3N3O7/c1-36(2)23-18-10-15-9-17-16(14-5-3-13(4-6-14)11-35-12-29(31,32)33)7-8-19(37)21(17)24(38)20(15)26(40)30(18,43)27(41)22(25(23)39)28(34)42/h3-8,15,18,23,35,37-38,41,43H,9-12H2,1-2H3,(H2,34,42)/t15-,18-,23?,30-/m1/s1. The highest BCUT2D eigenvalue weighted by molar-refractivity contribution is 6.24. The fourth-order valence-corrected chi connectivity index (χ4v) is 6.67. The Balaban J connectivity index is 1.58. The molecule has 3 aliphatic carbocycles. The Morgan fingerprint density at radius 2 is 1.74 bits per heavy atom. The van der Waals surface area contributed by atoms with Crippen LogP contribution < -0.4 is 11.1 Å². The second kappa shape index (κ2) is 10.5. The average Bonchev–Trinajstić information content (AvgIpc) is 2.90. The van der Waals surface area contributed by atoms with Crippen LogP contribution in [0.15, 0.2) is 53.3 Å². The van der Waals surface area contributed by atoms with Crippen molar-refractivity contribution in [2.24, 2.45) is 17.6 Å². The normalized spacial score (nSPS) is 25.5. The van der Waals surface area contributed by atoms with E-state index in [1.54, 1.807) is 30.3 Å². The Bertz CT molecular complexity index is 1600. The van der Waals surface area contributed by atoms with E-state index in [-0.39, 0.29) is 36.3 Å². The van der Waals surface area contributed by atoms with Gasteiger partial charge in [-0.25, -0.2) is 0 Å². The maximum atomic E-state index is 13.9. The molecule has 7 N–H and O–H groups in total. The Morgan fingerprint density at radius 1 is 1.09 bits per heavy atom. The molecule has 1 unspecified atom stereocenters. The summed E-state index contributed by atoms with van der Waals surface area (Å²) in [7, 11) is 3.04. The molecule has 1 fully saturated rings. The summed E-state index contributed by atoms with van der Waals surface area (Å²) in [5, 5.41) is 47.1. The number of aliphatic hydroxyl groups excluding tert-OH is 2. The van der Waals surface area contributed by atoms with Gasteiger partial charge in [-0.05, 0) is 61.2 Å². The summed E-state index contributed by atoms with van der Waals surface area (Å²) in [5.74, 6) is -7.31. The number of carbonyl (C=O) groups excluding carboxylic acids is 3. The van der Waals surface area contributed by atoms with Gasteiger partial charge < -0.3 is 31.5 Å². The number of benzene rings is 2. The van der Waals surface area contributed by atoms with E-state index in [0.29, 0.717) is 22.3 Å². The quantitative estimate of drug-likeness (QED) is 0.272. The number of likely N-dealkylation sites (N-methyl/N-ethyl adjacent to an activating group) is 1. The number of fused-ring (bicyclic) bond motifs is 3. The highest BCUT2D eigenvalue weighted by Gasteiger charge is 2.64. The van der Waals surface area contributed by atoms with Gasteiger partial charge >= 0.3 is 6.18 Å². The predicted molar refractivity (Wildman–Crippen MR) is 147 cm³/mol. The van der Waals surface area contributed by atoms with Crippen LogP contribution in [0.5, 0.6) is 5.75 Å². The van der Waals surface area contributed by atoms with Crippen LogP contribution in [0.3, 0.4) is 0 Å². The number of nitrogens with zero attached hydrogens (tertiary/aromatic N) is 1. The maximum Gasteiger partial charge on any atom is 0.401 e. The number of hydrogen-bond donors (Lipinski definition) is 6. The Labute approximate surface area is 243 Å². The van der Waals surface area contributed by atoms with E-state index in [1.165, 1.54) is 25.1 Å². The zero-order valence-electron chi connectivity index (χ0n) is 23.2. The van der Waals surface area contributed by atoms with Crippen molar-refractivity contribution < 1.29 is 48.0 Å². The van der Waals surface area contributed by atoms with Crippen molar-refractivity contribution in [3.63, 3.8) is 0 Å². The zero-order chi connectivity index (χ0) is 31.6. The number of nitrogens with one attached hydrogen (secondary N) is 1. The number of Topliss-reactive ketones (excluding diaryl/α,β-unsaturated/α-hetero) is 2. The summed E-state index contributed by atoms with van der Waals surface area (Å²) in [5.41, 5.74) is 3.72. The summed E-state index contributed by atoms with van der Waals surface area (Å²) in [6, 6.07) is 8.41. The number of nitrogens with two attached hydrogens (primary N) is 1. The lowest BCUT2D eigenvalue weighted by molar-refractivity contribution is -0.153. The van der Waals surface area contributed by atoms with Gasteiger partial charge in [0.15, 0.2) is 11.4 Å². The number of hydrogen-bond acceptors (Lipinski definition) is 9. The van der Waals surface area contributed by atoms with Crippen LogP contribution in [0.1, 0.15) is 23.1 Å². The smallest absolute Gasteiger partial charge is 0.401 e. The first kappa shape index (κ1) is 30.3. The van der Waals surface area contributed by atoms with Gasteiger partial charge in [0.05, 0.1) is 18.2 Å². The molecule has 2 aromatic carbocycles. The number of halogens is 3. The molecule has 5 rings (SSSR count). The molecular formula is C30H30F3N3O7. The third-order valence-corrected chi connectivity index (χ3v) is 8.52. The van der Waals surface area contributed by atoms with Gasteiger partial charge in [0.1, 0.15) is 22.8 Å². The largest absolute Gasteiger partial charge is 0.508 e. The second-order valence-electron chi connectivity index (χ2n) is 11.4. The molecule has 0 bridgehead atoms. The molecule has 4 atom stereocenters. The molecule has 3 aliphatic rings. The number of aliphatic hydroxyl groups is 3. The van der Waals surface area contributed by atoms with Crippen LogP contribution in [0.4, 0.5) is 13.2 Å². The minimum Gasteiger partial charge on any atom is -0.508 e. The average molecular weight is 602 g/mol. The molecule has 13 heteroatoms. The molecule has 43 heavy (non-hydrogen) atoms. The number of phenolic OH excluding ortho intramolecular Hbond substituents is 1. The van der Waals surface area contributed by atoms with Crippen LogP contribution in [0.2, 0.25) is 0 Å². The summed E-state index contributed by atoms with van der Waals surface area (Å²) >= 11 is 0. The molecule has 10 nitrogen and oxygen atoms in total. The van der Waals surface area contributed by atoms with Crippen molar-refractivity contribution in [3.8, 4) is 16.9 Å². The van der Waals surface area contributed by atoms with Gasteiger partial charge in [-0.3, -0.25) is 19.3 Å². The van der Waals surface area contributed by atoms with E-state index in [4.69, 9.17) is 5.73 Å². The van der Waals surface area contributed by atoms with Gasteiger partial charge in [-0.2, -0.15) is 13.2 Å². The fourth-order valence-electron chi connectivity index (χ4n) is 6.67. The van der Waals surface area contributed by atoms with E-state index in [1.807, 2.05) is 0 Å². The number of alkyl halides is 3. The molecule has 0 aliphatic heterocycles. The molecular weight excluding hydrogens is 571 g/mol. The van der Waals surface area contributed by atoms with E-state index in [9.17, 15) is 48.0 Å². The van der Waals surface area contributed by atoms with Crippen LogP contribution in [0.25, 0.3) is 16.9 Å². The molecule has 1 amide bonds. The van der Waals surface area contributed by atoms with Crippen molar-refractivity contribution in [1.29, 1.82) is 0 Å². The van der Waals surface area contributed by atoms with Crippen LogP contribution in [0, 0.1) is 11.8 Å². The Kier molecular flexibility index (Phi) is 7.39. The highest BCUT2D eigenvalue weighted by Crippen LogP contribution is 2.53. The van der Waals surface area contributed by atoms with E-state index >= 15 is 0 Å². The summed E-state index contributed by atoms with van der Waals surface area (Å²) in [6.07, 6.45) is -4.29. The van der Waals surface area contributed by atoms with Crippen LogP contribution >= 0.6 is 0 Å². The molecule has 0 saturated heterocycles. The third-order valence-electron chi connectivity index (χ3n) is 8.52. The van der Waals surface area contributed by atoms with Gasteiger partial charge in [0.25, 0.3) is 5.91 Å². The first-order valence-electron chi connectivity index (χ1n) is 13.4. The lowest BCUT2D eigenvalue weighted by Crippen LogP contribution is -2.65. The van der Waals surface area contributed by atoms with Crippen LogP contribution in [-0.4, -0.2) is 81.3 Å². The number of carbonyl (C=O) groups is 3. The first-order chi connectivity index (χ1) is 20.1. The highest BCUT2D eigenvalue weighted by atomic mass is 19.4. The van der Waals surface area contributed by atoms with Crippen molar-refractivity contribution in [1.82, 2.24) is 10.2 Å². The number of ketones is 2. The summed E-state index contributed by atoms with van der Waals surface area (Å²) < 4.78 is 37.4. The van der Waals surface area contributed by atoms with Gasteiger partial charge in [-0.15, -0.1) is 0 Å². The molecule has 228 valence electrons. The molecule has 0 radical (unpaired) electrons. The number of aromatic hydroxyl groups is 1. The van der Waals surface area contributed by atoms with E-state index in [0.717, 1.165) is 0 Å². The Morgan fingerprint density at radius 3 is 2.33 bits per heavy atom. The number of phenols is 1. The number of rotatable bonds is 6. The third kappa shape index (κ3) is 4.86. The van der Waals surface area contributed by atoms with Gasteiger partial charge in [0, 0.05) is 18.0 Å². The minimum atomic E-state index is -4.34. The molecule has 0 spiro atoms. The lowest BCUT2D eigenvalue weighted by Gasteiger charge is -2.50. The SMILES string of the molecule is CN(C)C1C(=O)C(C(N)=O)=C(O)[C@]2(O)C(=O)C3=C(O)c4c(O)ccc(-c5ccc(CNCC(F)(F)F)cc5)c4C[C@@H]3C[C@H]12. The second-order valence-corrected chi connectivity index (χ2v) is 11.4. The molecule has 1 saturated carbocycles. The van der Waals surface area contributed by atoms with Crippen molar-refractivity contribution in [2.45, 2.75) is 37.2 Å². The van der Waals surface area contributed by atoms with Crippen molar-refractivity contribution in [2.75, 3.05) is 20.6 Å². The number of amides is 1. The van der Waals surface area contributed by atoms with Gasteiger partial charge in [-0.1, -0.05) is 30.3 Å². The topological polar surface area (TPSA) is 173 Å². The zero-order valence-corrected chi connectivity index (χ0v) is 23.2. The molecule has 2 aromatic rings. The first-order valence-corrected chi connectivity index (χ1v) is 13.4. The maximum absolute atomic E-state index is 13.9. The predicted octanol–water partition coefficient (Wildman–Crippen LogP) is 2.28. The van der Waals surface area contributed by atoms with Crippen LogP contribution in [-0.2, 0) is 27.3 Å². The monoisotopic (exact) mass is 601 g/mol.